The Hall–Kier alpha value is -3.01. The summed E-state index contributed by atoms with van der Waals surface area (Å²) in [5.74, 6) is 0.494. The molecule has 0 bridgehead atoms. The van der Waals surface area contributed by atoms with E-state index in [0.717, 1.165) is 18.4 Å². The van der Waals surface area contributed by atoms with Crippen LogP contribution in [0.15, 0.2) is 79.4 Å². The van der Waals surface area contributed by atoms with Crippen LogP contribution in [0.5, 0.6) is 0 Å². The van der Waals surface area contributed by atoms with Crippen molar-refractivity contribution in [3.05, 3.63) is 96.1 Å². The second-order valence-corrected chi connectivity index (χ2v) is 8.18. The molecule has 2 heterocycles. The van der Waals surface area contributed by atoms with Crippen LogP contribution in [-0.2, 0) is 4.79 Å². The fraction of sp³-hybridized carbons (Fsp3) is 0.346. The summed E-state index contributed by atoms with van der Waals surface area (Å²) in [6, 6.07) is 18.2. The third-order valence-electron chi connectivity index (χ3n) is 5.82. The summed E-state index contributed by atoms with van der Waals surface area (Å²) >= 11 is 0. The molecule has 3 aromatic rings. The van der Waals surface area contributed by atoms with Crippen molar-refractivity contribution >= 4 is 5.91 Å². The summed E-state index contributed by atoms with van der Waals surface area (Å²) < 4.78 is 0. The van der Waals surface area contributed by atoms with E-state index in [1.54, 1.807) is 12.4 Å². The topological polar surface area (TPSA) is 54.9 Å². The van der Waals surface area contributed by atoms with Gasteiger partial charge in [-0.05, 0) is 60.4 Å². The first-order chi connectivity index (χ1) is 14.5. The number of aromatic nitrogens is 2. The predicted octanol–water partition coefficient (Wildman–Crippen LogP) is 5.45. The Bertz CT molecular complexity index is 852. The molecule has 3 unspecified atom stereocenters. The summed E-state index contributed by atoms with van der Waals surface area (Å²) in [7, 11) is 0. The van der Waals surface area contributed by atoms with Gasteiger partial charge < -0.3 is 5.32 Å². The molecule has 156 valence electrons. The van der Waals surface area contributed by atoms with Crippen LogP contribution in [0.3, 0.4) is 0 Å². The normalized spacial score (nSPS) is 15.0. The van der Waals surface area contributed by atoms with Gasteiger partial charge in [-0.1, -0.05) is 56.3 Å². The third kappa shape index (κ3) is 5.99. The molecule has 0 aliphatic heterocycles. The highest BCUT2D eigenvalue weighted by Gasteiger charge is 2.23. The van der Waals surface area contributed by atoms with Gasteiger partial charge in [-0.15, -0.1) is 0 Å². The highest BCUT2D eigenvalue weighted by Crippen LogP contribution is 2.27. The van der Waals surface area contributed by atoms with E-state index in [1.807, 2.05) is 61.8 Å². The quantitative estimate of drug-likeness (QED) is 0.518. The minimum Gasteiger partial charge on any atom is -0.353 e. The maximum atomic E-state index is 13.1. The van der Waals surface area contributed by atoms with Crippen molar-refractivity contribution < 1.29 is 4.79 Å². The average Bonchev–Trinajstić information content (AvgIpc) is 2.80. The number of rotatable bonds is 9. The van der Waals surface area contributed by atoms with Gasteiger partial charge in [-0.2, -0.15) is 0 Å². The molecule has 0 saturated heterocycles. The zero-order valence-corrected chi connectivity index (χ0v) is 18.0. The molecule has 0 spiro atoms. The second kappa shape index (κ2) is 10.7. The van der Waals surface area contributed by atoms with Crippen molar-refractivity contribution in [2.45, 2.75) is 57.4 Å². The molecule has 3 atom stereocenters. The van der Waals surface area contributed by atoms with Gasteiger partial charge in [0.2, 0.25) is 5.91 Å². The summed E-state index contributed by atoms with van der Waals surface area (Å²) in [4.78, 5) is 21.6. The highest BCUT2D eigenvalue weighted by molar-refractivity contribution is 5.83. The number of nitrogens with one attached hydrogen (secondary N) is 1. The minimum atomic E-state index is -0.184. The lowest BCUT2D eigenvalue weighted by Crippen LogP contribution is -2.39. The number of pyridine rings is 2. The molecular weight excluding hydrogens is 370 g/mol. The lowest BCUT2D eigenvalue weighted by molar-refractivity contribution is -0.123. The average molecular weight is 402 g/mol. The number of carbonyl (C=O) groups excluding carboxylic acids is 1. The maximum Gasteiger partial charge on any atom is 0.227 e. The Kier molecular flexibility index (Phi) is 7.72. The zero-order valence-electron chi connectivity index (χ0n) is 18.0. The summed E-state index contributed by atoms with van der Waals surface area (Å²) in [6.07, 6.45) is 9.15. The first-order valence-corrected chi connectivity index (χ1v) is 10.7. The molecule has 4 nitrogen and oxygen atoms in total. The van der Waals surface area contributed by atoms with Crippen molar-refractivity contribution in [1.29, 1.82) is 0 Å². The Balaban J connectivity index is 1.73. The van der Waals surface area contributed by atoms with Gasteiger partial charge in [-0.3, -0.25) is 14.8 Å². The van der Waals surface area contributed by atoms with Crippen LogP contribution in [0.2, 0.25) is 0 Å². The predicted molar refractivity (Wildman–Crippen MR) is 121 cm³/mol. The van der Waals surface area contributed by atoms with E-state index in [1.165, 1.54) is 11.1 Å². The molecular formula is C26H31N3O. The molecule has 0 saturated carbocycles. The highest BCUT2D eigenvalue weighted by atomic mass is 16.1. The number of nitrogens with zero attached hydrogens (tertiary/aromatic N) is 2. The van der Waals surface area contributed by atoms with E-state index in [4.69, 9.17) is 0 Å². The molecule has 1 amide bonds. The molecule has 1 N–H and O–H groups in total. The number of carbonyl (C=O) groups is 1. The monoisotopic (exact) mass is 401 g/mol. The van der Waals surface area contributed by atoms with E-state index >= 15 is 0 Å². The molecule has 4 heteroatoms. The third-order valence-corrected chi connectivity index (χ3v) is 5.82. The fourth-order valence-electron chi connectivity index (χ4n) is 3.89. The summed E-state index contributed by atoms with van der Waals surface area (Å²) in [5.41, 5.74) is 3.43. The van der Waals surface area contributed by atoms with Crippen molar-refractivity contribution in [2.75, 3.05) is 0 Å². The lowest BCUT2D eigenvalue weighted by atomic mass is 9.87. The Labute approximate surface area is 179 Å². The van der Waals surface area contributed by atoms with E-state index in [2.05, 4.69) is 41.3 Å². The molecule has 0 aliphatic carbocycles. The van der Waals surface area contributed by atoms with Crippen LogP contribution in [0.25, 0.3) is 0 Å². The lowest BCUT2D eigenvalue weighted by Gasteiger charge is -2.27. The molecule has 3 rings (SSSR count). The minimum absolute atomic E-state index is 0.0640. The van der Waals surface area contributed by atoms with Crippen LogP contribution >= 0.6 is 0 Å². The number of benzene rings is 1. The van der Waals surface area contributed by atoms with Gasteiger partial charge in [-0.25, -0.2) is 0 Å². The fourth-order valence-corrected chi connectivity index (χ4v) is 3.89. The van der Waals surface area contributed by atoms with Crippen molar-refractivity contribution in [2.24, 2.45) is 0 Å². The van der Waals surface area contributed by atoms with Crippen LogP contribution < -0.4 is 5.32 Å². The zero-order chi connectivity index (χ0) is 21.3. The number of amides is 1. The van der Waals surface area contributed by atoms with Crippen LogP contribution in [0.4, 0.5) is 0 Å². The van der Waals surface area contributed by atoms with Crippen molar-refractivity contribution in [3.8, 4) is 0 Å². The van der Waals surface area contributed by atoms with Crippen LogP contribution in [-0.4, -0.2) is 21.9 Å². The second-order valence-electron chi connectivity index (χ2n) is 8.18. The van der Waals surface area contributed by atoms with Crippen LogP contribution in [0, 0.1) is 0 Å². The number of hydrogen-bond acceptors (Lipinski definition) is 3. The van der Waals surface area contributed by atoms with Gasteiger partial charge in [0.15, 0.2) is 0 Å². The van der Waals surface area contributed by atoms with Gasteiger partial charge in [0.25, 0.3) is 0 Å². The van der Waals surface area contributed by atoms with E-state index < -0.39 is 0 Å². The standard InChI is InChI=1S/C26H31N3O/c1-19(23-11-7-13-27-17-23)15-25(16-20(2)24-12-8-14-28-18-24)29-26(30)21(3)22-9-5-4-6-10-22/h4-14,17-21,25H,15-16H2,1-3H3,(H,29,30). The molecule has 30 heavy (non-hydrogen) atoms. The van der Waals surface area contributed by atoms with Gasteiger partial charge in [0, 0.05) is 30.8 Å². The van der Waals surface area contributed by atoms with E-state index in [9.17, 15) is 4.79 Å². The molecule has 0 fully saturated rings. The molecule has 0 radical (unpaired) electrons. The van der Waals surface area contributed by atoms with Gasteiger partial charge in [0.05, 0.1) is 5.92 Å². The first kappa shape index (κ1) is 21.7. The largest absolute Gasteiger partial charge is 0.353 e. The van der Waals surface area contributed by atoms with Crippen molar-refractivity contribution in [1.82, 2.24) is 15.3 Å². The van der Waals surface area contributed by atoms with Gasteiger partial charge in [0.1, 0.15) is 0 Å². The Morgan fingerprint density at radius 1 is 0.767 bits per heavy atom. The summed E-state index contributed by atoms with van der Waals surface area (Å²) in [6.45, 7) is 6.37. The Morgan fingerprint density at radius 3 is 1.73 bits per heavy atom. The SMILES string of the molecule is CC(CC(CC(C)c1cccnc1)NC(=O)C(C)c1ccccc1)c1cccnc1. The van der Waals surface area contributed by atoms with E-state index in [-0.39, 0.29) is 17.9 Å². The molecule has 1 aromatic carbocycles. The van der Waals surface area contributed by atoms with Crippen molar-refractivity contribution in [3.63, 3.8) is 0 Å². The van der Waals surface area contributed by atoms with E-state index in [0.29, 0.717) is 11.8 Å². The van der Waals surface area contributed by atoms with Crippen LogP contribution in [0.1, 0.15) is 68.1 Å². The first-order valence-electron chi connectivity index (χ1n) is 10.7. The smallest absolute Gasteiger partial charge is 0.227 e. The Morgan fingerprint density at radius 2 is 1.27 bits per heavy atom. The molecule has 0 aliphatic rings. The van der Waals surface area contributed by atoms with Gasteiger partial charge >= 0.3 is 0 Å². The molecule has 2 aromatic heterocycles. The summed E-state index contributed by atoms with van der Waals surface area (Å²) in [5, 5.41) is 3.34. The number of hydrogen-bond donors (Lipinski definition) is 1. The maximum absolute atomic E-state index is 13.1.